The second kappa shape index (κ2) is 4.61. The van der Waals surface area contributed by atoms with Gasteiger partial charge in [-0.25, -0.2) is 4.98 Å². The largest absolute Gasteiger partial charge is 0.275 e. The summed E-state index contributed by atoms with van der Waals surface area (Å²) in [4.78, 5) is 27.7. The Morgan fingerprint density at radius 1 is 1.20 bits per heavy atom. The highest BCUT2D eigenvalue weighted by Gasteiger charge is 2.28. The van der Waals surface area contributed by atoms with Crippen molar-refractivity contribution in [2.45, 2.75) is 6.92 Å². The van der Waals surface area contributed by atoms with Gasteiger partial charge in [0.1, 0.15) is 5.82 Å². The number of fused-ring (bicyclic) bond motifs is 1. The quantitative estimate of drug-likeness (QED) is 0.862. The van der Waals surface area contributed by atoms with E-state index >= 15 is 0 Å². The van der Waals surface area contributed by atoms with Gasteiger partial charge in [0.2, 0.25) is 0 Å². The molecular formula is C14H10ClN3O2. The molecule has 1 aromatic carbocycles. The van der Waals surface area contributed by atoms with E-state index in [0.29, 0.717) is 21.9 Å². The number of nitrogens with one attached hydrogen (secondary N) is 1. The second-order valence-corrected chi connectivity index (χ2v) is 4.83. The van der Waals surface area contributed by atoms with Crippen molar-refractivity contribution in [2.75, 3.05) is 5.43 Å². The van der Waals surface area contributed by atoms with Crippen LogP contribution in [-0.4, -0.2) is 21.8 Å². The molecular weight excluding hydrogens is 278 g/mol. The number of hydrazine groups is 1. The standard InChI is InChI=1S/C14H10ClN3O2/c1-8-7-12(19)18(14(8)20)17-11-6-5-9-3-2-4-10(15)13(9)16-11/h2-7H,1H3,(H,16,17). The molecule has 0 spiro atoms. The maximum atomic E-state index is 11.8. The summed E-state index contributed by atoms with van der Waals surface area (Å²) in [5.74, 6) is -0.403. The Morgan fingerprint density at radius 2 is 2.00 bits per heavy atom. The van der Waals surface area contributed by atoms with Crippen molar-refractivity contribution in [1.82, 2.24) is 9.99 Å². The molecule has 6 heteroatoms. The number of hydrogen-bond donors (Lipinski definition) is 1. The van der Waals surface area contributed by atoms with Crippen LogP contribution < -0.4 is 5.43 Å². The third-order valence-corrected chi connectivity index (χ3v) is 3.30. The van der Waals surface area contributed by atoms with Gasteiger partial charge in [0.05, 0.1) is 10.5 Å². The smallest absolute Gasteiger partial charge is 0.271 e. The van der Waals surface area contributed by atoms with Crippen molar-refractivity contribution >= 4 is 40.1 Å². The van der Waals surface area contributed by atoms with Crippen LogP contribution in [0.25, 0.3) is 10.9 Å². The lowest BCUT2D eigenvalue weighted by Crippen LogP contribution is -2.36. The molecule has 1 aliphatic rings. The highest BCUT2D eigenvalue weighted by molar-refractivity contribution is 6.35. The Kier molecular flexibility index (Phi) is 2.91. The number of anilines is 1. The molecule has 0 saturated heterocycles. The van der Waals surface area contributed by atoms with E-state index in [1.807, 2.05) is 18.2 Å². The van der Waals surface area contributed by atoms with E-state index < -0.39 is 5.91 Å². The normalized spacial score (nSPS) is 14.9. The summed E-state index contributed by atoms with van der Waals surface area (Å²) >= 11 is 6.08. The van der Waals surface area contributed by atoms with E-state index in [9.17, 15) is 9.59 Å². The average Bonchev–Trinajstić information content (AvgIpc) is 2.66. The summed E-state index contributed by atoms with van der Waals surface area (Å²) in [5.41, 5.74) is 3.71. The summed E-state index contributed by atoms with van der Waals surface area (Å²) in [5, 5.41) is 2.33. The van der Waals surface area contributed by atoms with E-state index in [1.165, 1.54) is 6.08 Å². The minimum atomic E-state index is -0.409. The van der Waals surface area contributed by atoms with E-state index in [0.717, 1.165) is 10.4 Å². The van der Waals surface area contributed by atoms with Crippen LogP contribution in [0.4, 0.5) is 5.82 Å². The Labute approximate surface area is 119 Å². The van der Waals surface area contributed by atoms with Crippen LogP contribution in [0.5, 0.6) is 0 Å². The van der Waals surface area contributed by atoms with Crippen molar-refractivity contribution in [3.63, 3.8) is 0 Å². The molecule has 0 fully saturated rings. The zero-order valence-electron chi connectivity index (χ0n) is 10.6. The van der Waals surface area contributed by atoms with Crippen LogP contribution >= 0.6 is 11.6 Å². The Morgan fingerprint density at radius 3 is 2.70 bits per heavy atom. The van der Waals surface area contributed by atoms with Crippen LogP contribution in [0.1, 0.15) is 6.92 Å². The van der Waals surface area contributed by atoms with Gasteiger partial charge in [-0.05, 0) is 25.1 Å². The molecule has 2 heterocycles. The summed E-state index contributed by atoms with van der Waals surface area (Å²) < 4.78 is 0. The Balaban J connectivity index is 1.94. The van der Waals surface area contributed by atoms with Gasteiger partial charge in [0, 0.05) is 17.0 Å². The average molecular weight is 288 g/mol. The van der Waals surface area contributed by atoms with E-state index in [2.05, 4.69) is 10.4 Å². The Bertz CT molecular complexity index is 770. The number of benzene rings is 1. The van der Waals surface area contributed by atoms with E-state index in [-0.39, 0.29) is 5.91 Å². The minimum Gasteiger partial charge on any atom is -0.271 e. The molecule has 100 valence electrons. The molecule has 20 heavy (non-hydrogen) atoms. The predicted octanol–water partition coefficient (Wildman–Crippen LogP) is 2.53. The number of aromatic nitrogens is 1. The molecule has 1 aliphatic heterocycles. The van der Waals surface area contributed by atoms with Crippen LogP contribution in [0, 0.1) is 0 Å². The van der Waals surface area contributed by atoms with Gasteiger partial charge in [-0.2, -0.15) is 5.01 Å². The molecule has 0 atom stereocenters. The molecule has 0 aliphatic carbocycles. The fourth-order valence-corrected chi connectivity index (χ4v) is 2.21. The zero-order valence-corrected chi connectivity index (χ0v) is 11.3. The third kappa shape index (κ3) is 2.02. The molecule has 0 bridgehead atoms. The summed E-state index contributed by atoms with van der Waals surface area (Å²) in [6.07, 6.45) is 1.28. The molecule has 3 rings (SSSR count). The van der Waals surface area contributed by atoms with Crippen molar-refractivity contribution in [3.05, 3.63) is 47.0 Å². The van der Waals surface area contributed by atoms with Crippen molar-refractivity contribution < 1.29 is 9.59 Å². The van der Waals surface area contributed by atoms with Crippen molar-refractivity contribution in [3.8, 4) is 0 Å². The molecule has 2 amide bonds. The van der Waals surface area contributed by atoms with Gasteiger partial charge in [-0.1, -0.05) is 23.7 Å². The lowest BCUT2D eigenvalue weighted by Gasteiger charge is -2.16. The molecule has 0 unspecified atom stereocenters. The van der Waals surface area contributed by atoms with Crippen LogP contribution in [-0.2, 0) is 9.59 Å². The molecule has 1 aromatic heterocycles. The van der Waals surface area contributed by atoms with Gasteiger partial charge in [0.15, 0.2) is 0 Å². The molecule has 0 saturated carbocycles. The maximum absolute atomic E-state index is 11.8. The first-order valence-corrected chi connectivity index (χ1v) is 6.33. The van der Waals surface area contributed by atoms with Crippen molar-refractivity contribution in [2.24, 2.45) is 0 Å². The first-order chi connectivity index (χ1) is 9.56. The first kappa shape index (κ1) is 12.6. The lowest BCUT2D eigenvalue weighted by molar-refractivity contribution is -0.135. The van der Waals surface area contributed by atoms with Crippen LogP contribution in [0.15, 0.2) is 42.0 Å². The molecule has 2 aromatic rings. The highest BCUT2D eigenvalue weighted by atomic mass is 35.5. The number of nitrogens with zero attached hydrogens (tertiary/aromatic N) is 2. The summed E-state index contributed by atoms with van der Waals surface area (Å²) in [6.45, 7) is 1.59. The number of rotatable bonds is 2. The first-order valence-electron chi connectivity index (χ1n) is 5.95. The fourth-order valence-electron chi connectivity index (χ4n) is 1.98. The maximum Gasteiger partial charge on any atom is 0.275 e. The lowest BCUT2D eigenvalue weighted by atomic mass is 10.2. The number of carbonyl (C=O) groups is 2. The molecule has 0 radical (unpaired) electrons. The van der Waals surface area contributed by atoms with Crippen LogP contribution in [0.2, 0.25) is 5.02 Å². The molecule has 1 N–H and O–H groups in total. The zero-order chi connectivity index (χ0) is 14.3. The number of para-hydroxylation sites is 1. The van der Waals surface area contributed by atoms with Gasteiger partial charge in [-0.3, -0.25) is 15.0 Å². The fraction of sp³-hybridized carbons (Fsp3) is 0.0714. The Hall–Kier alpha value is -2.40. The topological polar surface area (TPSA) is 62.3 Å². The molecule has 5 nitrogen and oxygen atoms in total. The van der Waals surface area contributed by atoms with Gasteiger partial charge < -0.3 is 0 Å². The van der Waals surface area contributed by atoms with E-state index in [1.54, 1.807) is 19.1 Å². The number of carbonyl (C=O) groups excluding carboxylic acids is 2. The van der Waals surface area contributed by atoms with Gasteiger partial charge in [0.25, 0.3) is 11.8 Å². The highest BCUT2D eigenvalue weighted by Crippen LogP contribution is 2.23. The van der Waals surface area contributed by atoms with E-state index in [4.69, 9.17) is 11.6 Å². The van der Waals surface area contributed by atoms with Crippen molar-refractivity contribution in [1.29, 1.82) is 0 Å². The predicted molar refractivity (Wildman–Crippen MR) is 76.0 cm³/mol. The van der Waals surface area contributed by atoms with Gasteiger partial charge in [-0.15, -0.1) is 0 Å². The van der Waals surface area contributed by atoms with Crippen LogP contribution in [0.3, 0.4) is 0 Å². The summed E-state index contributed by atoms with van der Waals surface area (Å²) in [7, 11) is 0. The summed E-state index contributed by atoms with van der Waals surface area (Å²) in [6, 6.07) is 8.96. The van der Waals surface area contributed by atoms with Gasteiger partial charge >= 0.3 is 0 Å². The number of halogens is 1. The number of amides is 2. The number of pyridine rings is 1. The minimum absolute atomic E-state index is 0.379. The second-order valence-electron chi connectivity index (χ2n) is 4.43. The SMILES string of the molecule is CC1=CC(=O)N(Nc2ccc3cccc(Cl)c3n2)C1=O. The number of hydrogen-bond acceptors (Lipinski definition) is 4. The monoisotopic (exact) mass is 287 g/mol. The third-order valence-electron chi connectivity index (χ3n) is 3.00. The number of imide groups is 1.